The third-order valence-corrected chi connectivity index (χ3v) is 7.71. The normalized spacial score (nSPS) is 33.4. The molecule has 4 nitrogen and oxygen atoms in total. The molecule has 5 atom stereocenters. The van der Waals surface area contributed by atoms with Crippen LogP contribution in [0, 0.1) is 0 Å². The van der Waals surface area contributed by atoms with Crippen molar-refractivity contribution in [2.24, 2.45) is 0 Å². The molecule has 2 N–H and O–H groups in total. The highest BCUT2D eigenvalue weighted by Crippen LogP contribution is 2.29. The average Bonchev–Trinajstić information content (AvgIpc) is 2.94. The van der Waals surface area contributed by atoms with Crippen molar-refractivity contribution in [1.29, 1.82) is 0 Å². The molecule has 0 aromatic heterocycles. The second-order valence-electron chi connectivity index (χ2n) is 6.36. The van der Waals surface area contributed by atoms with Gasteiger partial charge < -0.3 is 10.6 Å². The monoisotopic (exact) mass is 346 g/mol. The SMILES string of the molecule is CCS[C@@H]1CC[C@H](NC(=O)N[C@@H]2CCC[C@@H]([S@@](=O)CC)C2)C1. The zero-order valence-electron chi connectivity index (χ0n) is 13.8. The molecule has 2 aliphatic carbocycles. The van der Waals surface area contributed by atoms with Crippen LogP contribution in [0.5, 0.6) is 0 Å². The van der Waals surface area contributed by atoms with Gasteiger partial charge in [0.05, 0.1) is 0 Å². The van der Waals surface area contributed by atoms with Gasteiger partial charge in [-0.1, -0.05) is 20.3 Å². The molecule has 2 rings (SSSR count). The molecular formula is C16H30N2O2S2. The second kappa shape index (κ2) is 9.16. The summed E-state index contributed by atoms with van der Waals surface area (Å²) in [6, 6.07) is 0.491. The Morgan fingerprint density at radius 2 is 1.82 bits per heavy atom. The Hall–Kier alpha value is -0.230. The molecule has 2 aliphatic rings. The lowest BCUT2D eigenvalue weighted by Gasteiger charge is -2.29. The van der Waals surface area contributed by atoms with Gasteiger partial charge in [-0.05, 0) is 44.3 Å². The van der Waals surface area contributed by atoms with Crippen molar-refractivity contribution in [3.63, 3.8) is 0 Å². The van der Waals surface area contributed by atoms with Crippen LogP contribution in [-0.2, 0) is 10.8 Å². The van der Waals surface area contributed by atoms with Gasteiger partial charge >= 0.3 is 6.03 Å². The lowest BCUT2D eigenvalue weighted by molar-refractivity contribution is 0.229. The van der Waals surface area contributed by atoms with Gasteiger partial charge in [0.2, 0.25) is 0 Å². The van der Waals surface area contributed by atoms with E-state index in [1.165, 1.54) is 6.42 Å². The molecule has 0 aromatic rings. The predicted molar refractivity (Wildman–Crippen MR) is 96.0 cm³/mol. The molecule has 2 fully saturated rings. The highest BCUT2D eigenvalue weighted by molar-refractivity contribution is 7.99. The summed E-state index contributed by atoms with van der Waals surface area (Å²) in [5.41, 5.74) is 0. The summed E-state index contributed by atoms with van der Waals surface area (Å²) in [5.74, 6) is 1.88. The average molecular weight is 347 g/mol. The molecule has 0 radical (unpaired) electrons. The predicted octanol–water partition coefficient (Wildman–Crippen LogP) is 3.04. The van der Waals surface area contributed by atoms with E-state index in [9.17, 15) is 9.00 Å². The van der Waals surface area contributed by atoms with Crippen molar-refractivity contribution in [3.8, 4) is 0 Å². The second-order valence-corrected chi connectivity index (χ2v) is 9.94. The Morgan fingerprint density at radius 3 is 2.50 bits per heavy atom. The fourth-order valence-electron chi connectivity index (χ4n) is 3.62. The maximum atomic E-state index is 12.2. The third kappa shape index (κ3) is 5.44. The molecule has 0 aromatic carbocycles. The minimum absolute atomic E-state index is 0.0277. The van der Waals surface area contributed by atoms with Crippen LogP contribution in [0.3, 0.4) is 0 Å². The Bertz CT molecular complexity index is 392. The van der Waals surface area contributed by atoms with Crippen molar-refractivity contribution < 1.29 is 9.00 Å². The first-order valence-corrected chi connectivity index (χ1v) is 11.1. The Morgan fingerprint density at radius 1 is 1.09 bits per heavy atom. The maximum Gasteiger partial charge on any atom is 0.315 e. The minimum atomic E-state index is -0.735. The summed E-state index contributed by atoms with van der Waals surface area (Å²) in [4.78, 5) is 12.2. The van der Waals surface area contributed by atoms with Crippen LogP contribution in [0.4, 0.5) is 4.79 Å². The number of nitrogens with one attached hydrogen (secondary N) is 2. The molecular weight excluding hydrogens is 316 g/mol. The highest BCUT2D eigenvalue weighted by Gasteiger charge is 2.29. The molecule has 0 spiro atoms. The first kappa shape index (κ1) is 18.1. The van der Waals surface area contributed by atoms with E-state index in [-0.39, 0.29) is 17.3 Å². The zero-order valence-corrected chi connectivity index (χ0v) is 15.4. The number of amides is 2. The molecule has 0 saturated heterocycles. The van der Waals surface area contributed by atoms with Gasteiger partial charge in [0.15, 0.2) is 0 Å². The Balaban J connectivity index is 1.72. The summed E-state index contributed by atoms with van der Waals surface area (Å²) >= 11 is 2.01. The number of rotatable bonds is 6. The number of urea groups is 1. The molecule has 128 valence electrons. The fourth-order valence-corrected chi connectivity index (χ4v) is 6.11. The topological polar surface area (TPSA) is 58.2 Å². The smallest absolute Gasteiger partial charge is 0.315 e. The largest absolute Gasteiger partial charge is 0.335 e. The van der Waals surface area contributed by atoms with E-state index >= 15 is 0 Å². The molecule has 22 heavy (non-hydrogen) atoms. The summed E-state index contributed by atoms with van der Waals surface area (Å²) in [6.07, 6.45) is 7.40. The quantitative estimate of drug-likeness (QED) is 0.777. The van der Waals surface area contributed by atoms with Gasteiger partial charge in [-0.2, -0.15) is 11.8 Å². The van der Waals surface area contributed by atoms with Gasteiger partial charge in [-0.25, -0.2) is 4.79 Å². The van der Waals surface area contributed by atoms with Crippen LogP contribution in [0.2, 0.25) is 0 Å². The Kier molecular flexibility index (Phi) is 7.54. The molecule has 0 bridgehead atoms. The van der Waals surface area contributed by atoms with E-state index in [2.05, 4.69) is 17.6 Å². The van der Waals surface area contributed by atoms with Crippen molar-refractivity contribution in [2.75, 3.05) is 11.5 Å². The molecule has 0 aliphatic heterocycles. The van der Waals surface area contributed by atoms with E-state index in [1.54, 1.807) is 0 Å². The van der Waals surface area contributed by atoms with Crippen LogP contribution < -0.4 is 10.6 Å². The number of thioether (sulfide) groups is 1. The molecule has 2 amide bonds. The van der Waals surface area contributed by atoms with Crippen LogP contribution in [0.15, 0.2) is 0 Å². The number of carbonyl (C=O) groups is 1. The van der Waals surface area contributed by atoms with Gasteiger partial charge in [-0.15, -0.1) is 0 Å². The number of hydrogen-bond acceptors (Lipinski definition) is 3. The van der Waals surface area contributed by atoms with E-state index < -0.39 is 10.8 Å². The van der Waals surface area contributed by atoms with Crippen molar-refractivity contribution in [1.82, 2.24) is 10.6 Å². The first-order chi connectivity index (χ1) is 10.6. The minimum Gasteiger partial charge on any atom is -0.335 e. The lowest BCUT2D eigenvalue weighted by atomic mass is 9.95. The van der Waals surface area contributed by atoms with Crippen LogP contribution in [0.1, 0.15) is 58.8 Å². The molecule has 0 unspecified atom stereocenters. The van der Waals surface area contributed by atoms with Gasteiger partial charge in [-0.3, -0.25) is 4.21 Å². The third-order valence-electron chi connectivity index (χ3n) is 4.74. The summed E-state index contributed by atoms with van der Waals surface area (Å²) in [7, 11) is -0.735. The molecule has 6 heteroatoms. The van der Waals surface area contributed by atoms with Crippen molar-refractivity contribution in [3.05, 3.63) is 0 Å². The van der Waals surface area contributed by atoms with E-state index in [0.29, 0.717) is 11.3 Å². The van der Waals surface area contributed by atoms with Gasteiger partial charge in [0.25, 0.3) is 0 Å². The van der Waals surface area contributed by atoms with E-state index in [0.717, 1.165) is 50.0 Å². The fraction of sp³-hybridized carbons (Fsp3) is 0.938. The Labute approximate surface area is 141 Å². The zero-order chi connectivity index (χ0) is 15.9. The van der Waals surface area contributed by atoms with Crippen LogP contribution in [-0.4, -0.2) is 44.3 Å². The highest BCUT2D eigenvalue weighted by atomic mass is 32.2. The number of hydrogen-bond donors (Lipinski definition) is 2. The van der Waals surface area contributed by atoms with Crippen LogP contribution in [0.25, 0.3) is 0 Å². The van der Waals surface area contributed by atoms with Crippen molar-refractivity contribution >= 4 is 28.6 Å². The lowest BCUT2D eigenvalue weighted by Crippen LogP contribution is -2.48. The summed E-state index contributed by atoms with van der Waals surface area (Å²) in [6.45, 7) is 4.17. The number of carbonyl (C=O) groups excluding carboxylic acids is 1. The summed E-state index contributed by atoms with van der Waals surface area (Å²) < 4.78 is 12.0. The molecule has 0 heterocycles. The first-order valence-electron chi connectivity index (χ1n) is 8.68. The van der Waals surface area contributed by atoms with Crippen molar-refractivity contribution in [2.45, 2.75) is 81.4 Å². The summed E-state index contributed by atoms with van der Waals surface area (Å²) in [5, 5.41) is 7.22. The van der Waals surface area contributed by atoms with E-state index in [1.807, 2.05) is 18.7 Å². The van der Waals surface area contributed by atoms with Crippen LogP contribution >= 0.6 is 11.8 Å². The van der Waals surface area contributed by atoms with Gasteiger partial charge in [0.1, 0.15) is 0 Å². The maximum absolute atomic E-state index is 12.2. The molecule has 2 saturated carbocycles. The van der Waals surface area contributed by atoms with Gasteiger partial charge in [0, 0.05) is 39.1 Å². The van der Waals surface area contributed by atoms with E-state index in [4.69, 9.17) is 0 Å². The standard InChI is InChI=1S/C16H30N2O2S2/c1-3-21-14-9-8-13(10-14)18-16(19)17-12-6-5-7-15(11-12)22(20)4-2/h12-15H,3-11H2,1-2H3,(H2,17,18,19)/t12-,13+,14-,15-,22+/m1/s1.